The molecule has 2 aliphatic heterocycles. The number of carbonyl (C=O) groups excluding carboxylic acids is 1. The molecule has 0 bridgehead atoms. The van der Waals surface area contributed by atoms with Gasteiger partial charge in [0.1, 0.15) is 0 Å². The third-order valence-corrected chi connectivity index (χ3v) is 5.68. The summed E-state index contributed by atoms with van der Waals surface area (Å²) in [4.78, 5) is 14.5. The van der Waals surface area contributed by atoms with Crippen molar-refractivity contribution in [1.29, 1.82) is 0 Å². The van der Waals surface area contributed by atoms with Crippen molar-refractivity contribution in [2.75, 3.05) is 31.9 Å². The van der Waals surface area contributed by atoms with Crippen LogP contribution in [0.2, 0.25) is 0 Å². The topological polar surface area (TPSA) is 50.8 Å². The highest BCUT2D eigenvalue weighted by molar-refractivity contribution is 7.99. The molecule has 2 fully saturated rings. The average Bonchev–Trinajstić information content (AvgIpc) is 3.17. The molecule has 1 aromatic carbocycles. The van der Waals surface area contributed by atoms with Crippen LogP contribution in [0.5, 0.6) is 11.5 Å². The number of ether oxygens (including phenoxy) is 2. The SMILES string of the molecule is CSCC(=O)N[C@@H]1CN(Cc2ccc3c(c2)OCO3)C[C@H]1C1CC1. The van der Waals surface area contributed by atoms with E-state index in [4.69, 9.17) is 9.47 Å². The van der Waals surface area contributed by atoms with E-state index in [0.29, 0.717) is 24.5 Å². The summed E-state index contributed by atoms with van der Waals surface area (Å²) < 4.78 is 10.9. The number of likely N-dealkylation sites (tertiary alicyclic amines) is 1. The number of hydrogen-bond donors (Lipinski definition) is 1. The smallest absolute Gasteiger partial charge is 0.231 e. The molecule has 0 unspecified atom stereocenters. The summed E-state index contributed by atoms with van der Waals surface area (Å²) in [5.41, 5.74) is 1.24. The maximum Gasteiger partial charge on any atom is 0.231 e. The molecule has 5 nitrogen and oxygen atoms in total. The summed E-state index contributed by atoms with van der Waals surface area (Å²) in [6.07, 6.45) is 4.60. The Kier molecular flexibility index (Phi) is 4.59. The van der Waals surface area contributed by atoms with Crippen LogP contribution in [0.1, 0.15) is 18.4 Å². The van der Waals surface area contributed by atoms with Crippen LogP contribution in [0, 0.1) is 11.8 Å². The van der Waals surface area contributed by atoms with Gasteiger partial charge in [0.25, 0.3) is 0 Å². The van der Waals surface area contributed by atoms with Gasteiger partial charge < -0.3 is 14.8 Å². The summed E-state index contributed by atoms with van der Waals surface area (Å²) >= 11 is 1.58. The van der Waals surface area contributed by atoms with Gasteiger partial charge in [0.15, 0.2) is 11.5 Å². The standard InChI is InChI=1S/C18H24N2O3S/c1-24-10-18(21)19-15-9-20(8-14(15)13-3-4-13)7-12-2-5-16-17(6-12)23-11-22-16/h2,5-6,13-15H,3-4,7-11H2,1H3,(H,19,21)/t14-,15+/m0/s1. The van der Waals surface area contributed by atoms with E-state index in [0.717, 1.165) is 37.1 Å². The largest absolute Gasteiger partial charge is 0.454 e. The lowest BCUT2D eigenvalue weighted by Crippen LogP contribution is -2.42. The Morgan fingerprint density at radius 3 is 2.92 bits per heavy atom. The van der Waals surface area contributed by atoms with Crippen molar-refractivity contribution in [3.05, 3.63) is 23.8 Å². The Morgan fingerprint density at radius 1 is 1.29 bits per heavy atom. The lowest BCUT2D eigenvalue weighted by Gasteiger charge is -2.19. The van der Waals surface area contributed by atoms with Gasteiger partial charge in [-0.3, -0.25) is 9.69 Å². The van der Waals surface area contributed by atoms with Crippen molar-refractivity contribution < 1.29 is 14.3 Å². The number of carbonyl (C=O) groups is 1. The summed E-state index contributed by atoms with van der Waals surface area (Å²) in [5, 5.41) is 3.26. The van der Waals surface area contributed by atoms with E-state index in [1.165, 1.54) is 18.4 Å². The minimum Gasteiger partial charge on any atom is -0.454 e. The first-order valence-electron chi connectivity index (χ1n) is 8.62. The fraction of sp³-hybridized carbons (Fsp3) is 0.611. The Morgan fingerprint density at radius 2 is 2.12 bits per heavy atom. The van der Waals surface area contributed by atoms with Crippen molar-refractivity contribution in [1.82, 2.24) is 10.2 Å². The quantitative estimate of drug-likeness (QED) is 0.853. The zero-order valence-corrected chi connectivity index (χ0v) is 14.8. The first-order chi connectivity index (χ1) is 11.7. The second kappa shape index (κ2) is 6.84. The van der Waals surface area contributed by atoms with Crippen molar-refractivity contribution >= 4 is 17.7 Å². The number of fused-ring (bicyclic) bond motifs is 1. The average molecular weight is 348 g/mol. The van der Waals surface area contributed by atoms with Crippen LogP contribution in [0.15, 0.2) is 18.2 Å². The van der Waals surface area contributed by atoms with E-state index in [-0.39, 0.29) is 5.91 Å². The summed E-state index contributed by atoms with van der Waals surface area (Å²) in [7, 11) is 0. The lowest BCUT2D eigenvalue weighted by atomic mass is 9.98. The van der Waals surface area contributed by atoms with Crippen LogP contribution in [0.25, 0.3) is 0 Å². The van der Waals surface area contributed by atoms with Crippen LogP contribution in [-0.4, -0.2) is 48.7 Å². The van der Waals surface area contributed by atoms with Crippen molar-refractivity contribution in [2.45, 2.75) is 25.4 Å². The van der Waals surface area contributed by atoms with E-state index >= 15 is 0 Å². The number of hydrogen-bond acceptors (Lipinski definition) is 5. The van der Waals surface area contributed by atoms with E-state index < -0.39 is 0 Å². The normalized spacial score (nSPS) is 25.9. The Hall–Kier alpha value is -1.40. The van der Waals surface area contributed by atoms with Crippen LogP contribution < -0.4 is 14.8 Å². The number of nitrogens with zero attached hydrogens (tertiary/aromatic N) is 1. The van der Waals surface area contributed by atoms with E-state index in [1.807, 2.05) is 12.3 Å². The molecule has 3 aliphatic rings. The van der Waals surface area contributed by atoms with Crippen LogP contribution in [-0.2, 0) is 11.3 Å². The number of amides is 1. The second-order valence-electron chi connectivity index (χ2n) is 6.99. The van der Waals surface area contributed by atoms with Crippen molar-refractivity contribution in [2.24, 2.45) is 11.8 Å². The fourth-order valence-corrected chi connectivity index (χ4v) is 4.22. The molecule has 0 radical (unpaired) electrons. The van der Waals surface area contributed by atoms with Crippen LogP contribution in [0.3, 0.4) is 0 Å². The Labute approximate surface area is 147 Å². The van der Waals surface area contributed by atoms with Gasteiger partial charge in [0.2, 0.25) is 12.7 Å². The molecule has 1 saturated carbocycles. The molecule has 1 N–H and O–H groups in total. The Balaban J connectivity index is 1.40. The van der Waals surface area contributed by atoms with Gasteiger partial charge in [-0.05, 0) is 48.6 Å². The molecule has 1 saturated heterocycles. The third-order valence-electron chi connectivity index (χ3n) is 5.13. The van der Waals surface area contributed by atoms with Crippen molar-refractivity contribution in [3.63, 3.8) is 0 Å². The molecule has 1 aliphatic carbocycles. The predicted molar refractivity (Wildman–Crippen MR) is 94.4 cm³/mol. The predicted octanol–water partition coefficient (Wildman–Crippen LogP) is 2.10. The molecule has 0 aromatic heterocycles. The lowest BCUT2D eigenvalue weighted by molar-refractivity contribution is -0.119. The molecule has 24 heavy (non-hydrogen) atoms. The van der Waals surface area contributed by atoms with Crippen LogP contribution >= 0.6 is 11.8 Å². The molecule has 1 aromatic rings. The molecule has 2 heterocycles. The summed E-state index contributed by atoms with van der Waals surface area (Å²) in [5.74, 6) is 3.79. The van der Waals surface area contributed by atoms with Gasteiger partial charge in [-0.25, -0.2) is 0 Å². The highest BCUT2D eigenvalue weighted by Crippen LogP contribution is 2.42. The van der Waals surface area contributed by atoms with Crippen LogP contribution in [0.4, 0.5) is 0 Å². The summed E-state index contributed by atoms with van der Waals surface area (Å²) in [6, 6.07) is 6.48. The highest BCUT2D eigenvalue weighted by Gasteiger charge is 2.42. The zero-order valence-electron chi connectivity index (χ0n) is 14.0. The maximum absolute atomic E-state index is 12.0. The van der Waals surface area contributed by atoms with Gasteiger partial charge >= 0.3 is 0 Å². The van der Waals surface area contributed by atoms with Gasteiger partial charge in [0.05, 0.1) is 5.75 Å². The first-order valence-corrected chi connectivity index (χ1v) is 10.0. The molecule has 4 rings (SSSR count). The Bertz CT molecular complexity index is 620. The molecular formula is C18H24N2O3S. The molecule has 6 heteroatoms. The minimum atomic E-state index is 0.170. The van der Waals surface area contributed by atoms with E-state index in [9.17, 15) is 4.79 Å². The number of rotatable bonds is 6. The summed E-state index contributed by atoms with van der Waals surface area (Å²) in [6.45, 7) is 3.23. The van der Waals surface area contributed by atoms with E-state index in [2.05, 4.69) is 22.3 Å². The van der Waals surface area contributed by atoms with Gasteiger partial charge in [-0.1, -0.05) is 6.07 Å². The third kappa shape index (κ3) is 3.49. The number of benzene rings is 1. The molecule has 130 valence electrons. The van der Waals surface area contributed by atoms with E-state index in [1.54, 1.807) is 11.8 Å². The van der Waals surface area contributed by atoms with Gasteiger partial charge in [0, 0.05) is 25.7 Å². The molecule has 0 spiro atoms. The zero-order chi connectivity index (χ0) is 16.5. The van der Waals surface area contributed by atoms with Gasteiger partial charge in [-0.15, -0.1) is 0 Å². The molecular weight excluding hydrogens is 324 g/mol. The van der Waals surface area contributed by atoms with Crippen molar-refractivity contribution in [3.8, 4) is 11.5 Å². The molecule has 1 amide bonds. The minimum absolute atomic E-state index is 0.170. The molecule has 2 atom stereocenters. The van der Waals surface area contributed by atoms with Gasteiger partial charge in [-0.2, -0.15) is 11.8 Å². The fourth-order valence-electron chi connectivity index (χ4n) is 3.87. The number of thioether (sulfide) groups is 1. The second-order valence-corrected chi connectivity index (χ2v) is 7.86. The monoisotopic (exact) mass is 348 g/mol. The number of nitrogens with one attached hydrogen (secondary N) is 1. The highest BCUT2D eigenvalue weighted by atomic mass is 32.2. The maximum atomic E-state index is 12.0. The first kappa shape index (κ1) is 16.1.